The molecule has 114 valence electrons. The fourth-order valence-electron chi connectivity index (χ4n) is 5.00. The zero-order valence-corrected chi connectivity index (χ0v) is 13.1. The van der Waals surface area contributed by atoms with Crippen molar-refractivity contribution >= 4 is 0 Å². The summed E-state index contributed by atoms with van der Waals surface area (Å²) in [6, 6.07) is 9.62. The summed E-state index contributed by atoms with van der Waals surface area (Å²) in [6.07, 6.45) is 8.55. The normalized spacial score (nSPS) is 32.5. The van der Waals surface area contributed by atoms with Crippen LogP contribution in [0.5, 0.6) is 0 Å². The number of fused-ring (bicyclic) bond motifs is 1. The van der Waals surface area contributed by atoms with E-state index in [1.54, 1.807) is 11.1 Å². The van der Waals surface area contributed by atoms with Crippen molar-refractivity contribution in [2.45, 2.75) is 63.5 Å². The maximum absolute atomic E-state index is 6.01. The van der Waals surface area contributed by atoms with Gasteiger partial charge >= 0.3 is 0 Å². The number of benzene rings is 1. The lowest BCUT2D eigenvalue weighted by molar-refractivity contribution is -0.130. The van der Waals surface area contributed by atoms with Crippen LogP contribution in [0.15, 0.2) is 24.3 Å². The van der Waals surface area contributed by atoms with Crippen LogP contribution in [0, 0.1) is 5.41 Å². The molecule has 3 unspecified atom stereocenters. The Morgan fingerprint density at radius 3 is 2.81 bits per heavy atom. The molecule has 4 rings (SSSR count). The van der Waals surface area contributed by atoms with E-state index in [1.807, 2.05) is 0 Å². The van der Waals surface area contributed by atoms with Gasteiger partial charge < -0.3 is 10.1 Å². The molecule has 1 aromatic rings. The highest BCUT2D eigenvalue weighted by atomic mass is 16.5. The van der Waals surface area contributed by atoms with E-state index in [0.29, 0.717) is 17.6 Å². The minimum Gasteiger partial charge on any atom is -0.378 e. The van der Waals surface area contributed by atoms with Crippen molar-refractivity contribution in [1.82, 2.24) is 5.32 Å². The number of ether oxygens (including phenoxy) is 1. The fourth-order valence-corrected chi connectivity index (χ4v) is 5.00. The SMILES string of the molecule is CCOC1CC(NCC2Cc3ccccc32)C12CCCC2. The van der Waals surface area contributed by atoms with Gasteiger partial charge in [-0.3, -0.25) is 0 Å². The third-order valence-corrected chi connectivity index (χ3v) is 6.26. The molecule has 0 heterocycles. The first-order valence-corrected chi connectivity index (χ1v) is 8.76. The predicted molar refractivity (Wildman–Crippen MR) is 85.6 cm³/mol. The summed E-state index contributed by atoms with van der Waals surface area (Å²) in [5.41, 5.74) is 3.60. The van der Waals surface area contributed by atoms with Crippen molar-refractivity contribution in [3.8, 4) is 0 Å². The van der Waals surface area contributed by atoms with Gasteiger partial charge in [0.05, 0.1) is 6.10 Å². The van der Waals surface area contributed by atoms with Gasteiger partial charge in [0, 0.05) is 30.5 Å². The molecule has 3 aliphatic rings. The predicted octanol–water partition coefficient (Wildman–Crippen LogP) is 3.65. The van der Waals surface area contributed by atoms with E-state index >= 15 is 0 Å². The highest BCUT2D eigenvalue weighted by Gasteiger charge is 2.56. The first-order valence-electron chi connectivity index (χ1n) is 8.76. The third kappa shape index (κ3) is 2.15. The van der Waals surface area contributed by atoms with Gasteiger partial charge in [0.25, 0.3) is 0 Å². The van der Waals surface area contributed by atoms with Gasteiger partial charge in [0.1, 0.15) is 0 Å². The Bertz CT molecular complexity index is 506. The molecule has 0 aromatic heterocycles. The molecule has 2 nitrogen and oxygen atoms in total. The molecule has 21 heavy (non-hydrogen) atoms. The number of hydrogen-bond acceptors (Lipinski definition) is 2. The smallest absolute Gasteiger partial charge is 0.0661 e. The van der Waals surface area contributed by atoms with Crippen LogP contribution >= 0.6 is 0 Å². The van der Waals surface area contributed by atoms with Crippen molar-refractivity contribution in [1.29, 1.82) is 0 Å². The summed E-state index contributed by atoms with van der Waals surface area (Å²) >= 11 is 0. The van der Waals surface area contributed by atoms with Crippen molar-refractivity contribution in [2.24, 2.45) is 5.41 Å². The molecule has 3 aliphatic carbocycles. The van der Waals surface area contributed by atoms with Crippen molar-refractivity contribution in [3.05, 3.63) is 35.4 Å². The van der Waals surface area contributed by atoms with Crippen LogP contribution < -0.4 is 5.32 Å². The van der Waals surface area contributed by atoms with Crippen molar-refractivity contribution in [3.63, 3.8) is 0 Å². The van der Waals surface area contributed by atoms with E-state index in [2.05, 4.69) is 36.5 Å². The van der Waals surface area contributed by atoms with Gasteiger partial charge in [0.2, 0.25) is 0 Å². The Hall–Kier alpha value is -0.860. The fraction of sp³-hybridized carbons (Fsp3) is 0.684. The largest absolute Gasteiger partial charge is 0.378 e. The quantitative estimate of drug-likeness (QED) is 0.891. The van der Waals surface area contributed by atoms with Gasteiger partial charge in [0.15, 0.2) is 0 Å². The van der Waals surface area contributed by atoms with E-state index in [4.69, 9.17) is 4.74 Å². The van der Waals surface area contributed by atoms with E-state index in [1.165, 1.54) is 38.5 Å². The molecule has 1 aromatic carbocycles. The van der Waals surface area contributed by atoms with Crippen LogP contribution in [0.3, 0.4) is 0 Å². The minimum absolute atomic E-state index is 0.472. The van der Waals surface area contributed by atoms with Gasteiger partial charge in [-0.2, -0.15) is 0 Å². The lowest BCUT2D eigenvalue weighted by atomic mass is 9.60. The molecule has 2 saturated carbocycles. The second kappa shape index (κ2) is 5.40. The molecule has 2 fully saturated rings. The van der Waals surface area contributed by atoms with Crippen LogP contribution in [-0.4, -0.2) is 25.3 Å². The Morgan fingerprint density at radius 1 is 1.24 bits per heavy atom. The van der Waals surface area contributed by atoms with Crippen molar-refractivity contribution < 1.29 is 4.74 Å². The van der Waals surface area contributed by atoms with E-state index in [9.17, 15) is 0 Å². The van der Waals surface area contributed by atoms with Crippen LogP contribution in [0.2, 0.25) is 0 Å². The molecule has 1 spiro atoms. The van der Waals surface area contributed by atoms with Gasteiger partial charge in [-0.1, -0.05) is 37.1 Å². The molecule has 0 bridgehead atoms. The third-order valence-electron chi connectivity index (χ3n) is 6.26. The lowest BCUT2D eigenvalue weighted by Gasteiger charge is -2.54. The van der Waals surface area contributed by atoms with Crippen LogP contribution in [-0.2, 0) is 11.2 Å². The van der Waals surface area contributed by atoms with Gasteiger partial charge in [-0.05, 0) is 43.7 Å². The van der Waals surface area contributed by atoms with E-state index in [-0.39, 0.29) is 0 Å². The van der Waals surface area contributed by atoms with E-state index < -0.39 is 0 Å². The molecule has 2 heteroatoms. The first-order chi connectivity index (χ1) is 10.3. The average Bonchev–Trinajstić information content (AvgIpc) is 2.98. The van der Waals surface area contributed by atoms with E-state index in [0.717, 1.165) is 19.1 Å². The lowest BCUT2D eigenvalue weighted by Crippen LogP contribution is -2.63. The number of rotatable bonds is 5. The summed E-state index contributed by atoms with van der Waals surface area (Å²) in [6.45, 7) is 4.16. The summed E-state index contributed by atoms with van der Waals surface area (Å²) in [5, 5.41) is 3.90. The summed E-state index contributed by atoms with van der Waals surface area (Å²) in [4.78, 5) is 0. The topological polar surface area (TPSA) is 21.3 Å². The molecule has 3 atom stereocenters. The zero-order valence-electron chi connectivity index (χ0n) is 13.1. The molecular formula is C19H27NO. The van der Waals surface area contributed by atoms with Crippen molar-refractivity contribution in [2.75, 3.05) is 13.2 Å². The Morgan fingerprint density at radius 2 is 2.05 bits per heavy atom. The second-order valence-electron chi connectivity index (χ2n) is 7.18. The monoisotopic (exact) mass is 285 g/mol. The maximum Gasteiger partial charge on any atom is 0.0661 e. The van der Waals surface area contributed by atoms with Crippen LogP contribution in [0.25, 0.3) is 0 Å². The van der Waals surface area contributed by atoms with Gasteiger partial charge in [-0.15, -0.1) is 0 Å². The standard InChI is InChI=1S/C19H27NO/c1-2-21-18-12-17(19(18)9-5-6-10-19)20-13-15-11-14-7-3-4-8-16(14)15/h3-4,7-8,15,17-18,20H,2,5-6,9-13H2,1H3. The Labute approximate surface area is 128 Å². The molecule has 0 amide bonds. The molecule has 0 radical (unpaired) electrons. The summed E-state index contributed by atoms with van der Waals surface area (Å²) in [7, 11) is 0. The molecule has 0 aliphatic heterocycles. The molecule has 0 saturated heterocycles. The maximum atomic E-state index is 6.01. The number of nitrogens with one attached hydrogen (secondary N) is 1. The van der Waals surface area contributed by atoms with Gasteiger partial charge in [-0.25, -0.2) is 0 Å². The second-order valence-corrected chi connectivity index (χ2v) is 7.18. The Balaban J connectivity index is 1.36. The zero-order chi connectivity index (χ0) is 14.3. The number of hydrogen-bond donors (Lipinski definition) is 1. The Kier molecular flexibility index (Phi) is 3.55. The highest BCUT2D eigenvalue weighted by molar-refractivity contribution is 5.40. The highest BCUT2D eigenvalue weighted by Crippen LogP contribution is 2.54. The average molecular weight is 285 g/mol. The van der Waals surface area contributed by atoms with Crippen LogP contribution in [0.4, 0.5) is 0 Å². The summed E-state index contributed by atoms with van der Waals surface area (Å²) < 4.78 is 6.01. The summed E-state index contributed by atoms with van der Waals surface area (Å²) in [5.74, 6) is 0.741. The first kappa shape index (κ1) is 13.8. The minimum atomic E-state index is 0.472. The molecule has 1 N–H and O–H groups in total. The van der Waals surface area contributed by atoms with Crippen LogP contribution in [0.1, 0.15) is 56.1 Å². The molecular weight excluding hydrogens is 258 g/mol.